The van der Waals surface area contributed by atoms with Crippen LogP contribution in [0.25, 0.3) is 0 Å². The van der Waals surface area contributed by atoms with Gasteiger partial charge in [-0.15, -0.1) is 0 Å². The van der Waals surface area contributed by atoms with E-state index >= 15 is 0 Å². The topological polar surface area (TPSA) is 42.8 Å². The molecule has 124 valence electrons. The van der Waals surface area contributed by atoms with Crippen LogP contribution in [0.15, 0.2) is 18.2 Å². The minimum absolute atomic E-state index is 0. The highest BCUT2D eigenvalue weighted by Crippen LogP contribution is 2.20. The van der Waals surface area contributed by atoms with E-state index in [4.69, 9.17) is 4.74 Å². The smallest absolute Gasteiger partial charge is 0.412 e. The third-order valence-electron chi connectivity index (χ3n) is 4.31. The van der Waals surface area contributed by atoms with E-state index in [1.165, 1.54) is 11.4 Å². The molecular weight excluding hydrogens is 300 g/mol. The molecule has 1 fully saturated rings. The van der Waals surface area contributed by atoms with Crippen LogP contribution < -0.4 is 22.6 Å². The number of carbonyl (C=O) groups is 1. The van der Waals surface area contributed by atoms with Gasteiger partial charge in [0.25, 0.3) is 0 Å². The van der Waals surface area contributed by atoms with Gasteiger partial charge in [0, 0.05) is 12.1 Å². The van der Waals surface area contributed by atoms with Gasteiger partial charge in [-0.2, -0.15) is 0 Å². The molecule has 4 nitrogen and oxygen atoms in total. The first-order valence-corrected chi connectivity index (χ1v) is 7.85. The van der Waals surface area contributed by atoms with Gasteiger partial charge in [0.05, 0.1) is 12.6 Å². The fraction of sp³-hybridized carbons (Fsp3) is 0.588. The van der Waals surface area contributed by atoms with Crippen LogP contribution in [0.2, 0.25) is 0 Å². The molecule has 1 heterocycles. The van der Waals surface area contributed by atoms with Crippen LogP contribution in [0.5, 0.6) is 0 Å². The molecule has 0 radical (unpaired) electrons. The Morgan fingerprint density at radius 3 is 2.55 bits per heavy atom. The largest absolute Gasteiger partial charge is 1.00 e. The fourth-order valence-electron chi connectivity index (χ4n) is 2.97. The first-order valence-electron chi connectivity index (χ1n) is 7.85. The van der Waals surface area contributed by atoms with Crippen molar-refractivity contribution in [2.75, 3.05) is 18.4 Å². The van der Waals surface area contributed by atoms with E-state index in [9.17, 15) is 4.79 Å². The van der Waals surface area contributed by atoms with Crippen molar-refractivity contribution < 1.29 is 26.8 Å². The van der Waals surface area contributed by atoms with Gasteiger partial charge in [-0.05, 0) is 45.2 Å². The van der Waals surface area contributed by atoms with Crippen molar-refractivity contribution in [3.8, 4) is 0 Å². The van der Waals surface area contributed by atoms with Crippen molar-refractivity contribution in [1.29, 1.82) is 0 Å². The summed E-state index contributed by atoms with van der Waals surface area (Å²) < 4.78 is 5.61. The minimum atomic E-state index is -0.331. The monoisotopic (exact) mass is 326 g/mol. The van der Waals surface area contributed by atoms with Crippen molar-refractivity contribution in [2.45, 2.75) is 52.7 Å². The van der Waals surface area contributed by atoms with Crippen molar-refractivity contribution in [3.05, 3.63) is 29.3 Å². The van der Waals surface area contributed by atoms with Gasteiger partial charge in [-0.25, -0.2) is 4.79 Å². The maximum absolute atomic E-state index is 12.1. The molecule has 0 spiro atoms. The Labute approximate surface area is 139 Å². The third-order valence-corrected chi connectivity index (χ3v) is 4.31. The Balaban J connectivity index is 0.00000242. The number of para-hydroxylation sites is 1. The highest BCUT2D eigenvalue weighted by Gasteiger charge is 2.27. The molecule has 0 aromatic heterocycles. The van der Waals surface area contributed by atoms with Gasteiger partial charge in [-0.3, -0.25) is 5.32 Å². The van der Waals surface area contributed by atoms with Crippen LogP contribution in [-0.2, 0) is 4.74 Å². The number of rotatable bonds is 3. The van der Waals surface area contributed by atoms with Crippen LogP contribution in [-0.4, -0.2) is 31.3 Å². The predicted molar refractivity (Wildman–Crippen MR) is 84.9 cm³/mol. The Hall–Kier alpha value is -1.26. The molecule has 0 aliphatic carbocycles. The highest BCUT2D eigenvalue weighted by molar-refractivity contribution is 5.86. The summed E-state index contributed by atoms with van der Waals surface area (Å²) in [6.45, 7) is 10.5. The van der Waals surface area contributed by atoms with Crippen LogP contribution >= 0.6 is 0 Å². The molecule has 1 aliphatic rings. The van der Waals surface area contributed by atoms with E-state index in [0.717, 1.165) is 36.2 Å². The minimum Gasteiger partial charge on any atom is -1.00 e. The second-order valence-electron chi connectivity index (χ2n) is 6.33. The zero-order chi connectivity index (χ0) is 15.4. The molecule has 1 saturated heterocycles. The zero-order valence-corrected chi connectivity index (χ0v) is 14.7. The van der Waals surface area contributed by atoms with E-state index in [1.807, 2.05) is 32.0 Å². The number of aryl methyl sites for hydroxylation is 2. The molecule has 2 unspecified atom stereocenters. The number of carbonyl (C=O) groups excluding carboxylic acids is 1. The average Bonchev–Trinajstić information content (AvgIpc) is 2.43. The number of likely N-dealkylation sites (tertiary alicyclic amines) is 1. The van der Waals surface area contributed by atoms with Crippen molar-refractivity contribution in [2.24, 2.45) is 0 Å². The van der Waals surface area contributed by atoms with Gasteiger partial charge in [0.15, 0.2) is 6.10 Å². The van der Waals surface area contributed by atoms with E-state index in [2.05, 4.69) is 19.2 Å². The average molecular weight is 327 g/mol. The number of benzene rings is 1. The van der Waals surface area contributed by atoms with Gasteiger partial charge >= 0.3 is 6.09 Å². The summed E-state index contributed by atoms with van der Waals surface area (Å²) >= 11 is 0. The Morgan fingerprint density at radius 1 is 1.32 bits per heavy atom. The number of halogens is 1. The number of nitrogens with one attached hydrogen (secondary N) is 2. The molecule has 1 aliphatic heterocycles. The highest BCUT2D eigenvalue weighted by atomic mass is 35.5. The first kappa shape index (κ1) is 18.8. The zero-order valence-electron chi connectivity index (χ0n) is 13.9. The SMILES string of the molecule is Cc1cccc(C)c1NC(=O)OC1CCC[NH+](C(C)C)C1.[Cl-]. The van der Waals surface area contributed by atoms with E-state index < -0.39 is 0 Å². The Kier molecular flexibility index (Phi) is 7.17. The van der Waals surface area contributed by atoms with Crippen LogP contribution in [0, 0.1) is 13.8 Å². The van der Waals surface area contributed by atoms with Crippen molar-refractivity contribution in [3.63, 3.8) is 0 Å². The number of quaternary nitrogens is 1. The molecule has 1 aromatic rings. The lowest BCUT2D eigenvalue weighted by atomic mass is 10.1. The summed E-state index contributed by atoms with van der Waals surface area (Å²) in [4.78, 5) is 13.6. The molecule has 1 amide bonds. The molecular formula is C17H27ClN2O2. The number of hydrogen-bond donors (Lipinski definition) is 2. The maximum atomic E-state index is 12.1. The molecule has 2 atom stereocenters. The lowest BCUT2D eigenvalue weighted by molar-refractivity contribution is -0.929. The van der Waals surface area contributed by atoms with Gasteiger partial charge in [0.1, 0.15) is 6.54 Å². The summed E-state index contributed by atoms with van der Waals surface area (Å²) in [5.41, 5.74) is 2.99. The summed E-state index contributed by atoms with van der Waals surface area (Å²) in [6.07, 6.45) is 1.79. The number of anilines is 1. The van der Waals surface area contributed by atoms with Gasteiger partial charge in [-0.1, -0.05) is 18.2 Å². The van der Waals surface area contributed by atoms with Gasteiger partial charge < -0.3 is 22.0 Å². The normalized spacial score (nSPS) is 21.1. The molecule has 22 heavy (non-hydrogen) atoms. The Bertz CT molecular complexity index is 485. The lowest BCUT2D eigenvalue weighted by Crippen LogP contribution is -3.17. The third kappa shape index (κ3) is 4.89. The van der Waals surface area contributed by atoms with Crippen molar-refractivity contribution >= 4 is 11.8 Å². The summed E-state index contributed by atoms with van der Waals surface area (Å²) in [5.74, 6) is 0. The number of hydrogen-bond acceptors (Lipinski definition) is 2. The van der Waals surface area contributed by atoms with E-state index in [0.29, 0.717) is 6.04 Å². The molecule has 0 bridgehead atoms. The predicted octanol–water partition coefficient (Wildman–Crippen LogP) is -0.688. The van der Waals surface area contributed by atoms with Crippen LogP contribution in [0.3, 0.4) is 0 Å². The fourth-order valence-corrected chi connectivity index (χ4v) is 2.97. The van der Waals surface area contributed by atoms with Crippen LogP contribution in [0.4, 0.5) is 10.5 Å². The van der Waals surface area contributed by atoms with Crippen molar-refractivity contribution in [1.82, 2.24) is 0 Å². The Morgan fingerprint density at radius 2 is 1.95 bits per heavy atom. The first-order chi connectivity index (χ1) is 9.97. The standard InChI is InChI=1S/C17H26N2O2.ClH/c1-12(2)19-10-6-9-15(11-19)21-17(20)18-16-13(3)7-5-8-14(16)4;/h5,7-8,12,15H,6,9-11H2,1-4H3,(H,18,20);1H. The number of ether oxygens (including phenoxy) is 1. The number of piperidine rings is 1. The quantitative estimate of drug-likeness (QED) is 0.772. The summed E-state index contributed by atoms with van der Waals surface area (Å²) in [6, 6.07) is 6.56. The molecule has 1 aromatic carbocycles. The van der Waals surface area contributed by atoms with E-state index in [-0.39, 0.29) is 24.6 Å². The second kappa shape index (κ2) is 8.39. The summed E-state index contributed by atoms with van der Waals surface area (Å²) in [5, 5.41) is 2.90. The van der Waals surface area contributed by atoms with Gasteiger partial charge in [0.2, 0.25) is 0 Å². The second-order valence-corrected chi connectivity index (χ2v) is 6.33. The molecule has 2 rings (SSSR count). The summed E-state index contributed by atoms with van der Waals surface area (Å²) in [7, 11) is 0. The lowest BCUT2D eigenvalue weighted by Gasteiger charge is -2.32. The maximum Gasteiger partial charge on any atom is 0.412 e. The molecule has 0 saturated carbocycles. The molecule has 2 N–H and O–H groups in total. The number of amides is 1. The molecule has 5 heteroatoms. The van der Waals surface area contributed by atoms with Crippen LogP contribution in [0.1, 0.15) is 37.8 Å². The van der Waals surface area contributed by atoms with E-state index in [1.54, 1.807) is 0 Å².